The van der Waals surface area contributed by atoms with E-state index in [2.05, 4.69) is 5.32 Å². The minimum absolute atomic E-state index is 0.130. The molecule has 1 aromatic carbocycles. The molecule has 7 heteroatoms. The van der Waals surface area contributed by atoms with Crippen molar-refractivity contribution in [1.82, 2.24) is 5.32 Å². The average Bonchev–Trinajstić information content (AvgIpc) is 2.33. The molecule has 0 unspecified atom stereocenters. The zero-order chi connectivity index (χ0) is 16.4. The Labute approximate surface area is 120 Å². The van der Waals surface area contributed by atoms with Gasteiger partial charge in [-0.2, -0.15) is 13.2 Å². The summed E-state index contributed by atoms with van der Waals surface area (Å²) in [5.41, 5.74) is -1.94. The van der Waals surface area contributed by atoms with Gasteiger partial charge >= 0.3 is 12.1 Å². The summed E-state index contributed by atoms with van der Waals surface area (Å²) < 4.78 is 37.9. The number of hydrogen-bond acceptors (Lipinski definition) is 2. The van der Waals surface area contributed by atoms with Crippen molar-refractivity contribution in [1.29, 1.82) is 0 Å². The summed E-state index contributed by atoms with van der Waals surface area (Å²) in [5.74, 6) is -1.99. The molecule has 2 N–H and O–H groups in total. The van der Waals surface area contributed by atoms with E-state index in [0.29, 0.717) is 0 Å². The Hall–Kier alpha value is -2.05. The number of carbonyl (C=O) groups is 2. The highest BCUT2D eigenvalue weighted by atomic mass is 19.4. The van der Waals surface area contributed by atoms with Crippen molar-refractivity contribution in [2.75, 3.05) is 0 Å². The number of rotatable bonds is 3. The zero-order valence-electron chi connectivity index (χ0n) is 11.8. The number of carboxylic acids is 1. The molecule has 4 nitrogen and oxygen atoms in total. The van der Waals surface area contributed by atoms with Crippen LogP contribution < -0.4 is 5.32 Å². The van der Waals surface area contributed by atoms with Crippen LogP contribution in [-0.4, -0.2) is 17.0 Å². The summed E-state index contributed by atoms with van der Waals surface area (Å²) in [7, 11) is 0. The molecule has 0 heterocycles. The molecule has 0 radical (unpaired) electrons. The second-order valence-corrected chi connectivity index (χ2v) is 5.62. The Morgan fingerprint density at radius 3 is 2.19 bits per heavy atom. The van der Waals surface area contributed by atoms with Gasteiger partial charge in [-0.3, -0.25) is 4.79 Å². The summed E-state index contributed by atoms with van der Waals surface area (Å²) in [6.45, 7) is 4.73. The number of carbonyl (C=O) groups excluding carboxylic acids is 1. The molecule has 0 spiro atoms. The highest BCUT2D eigenvalue weighted by Crippen LogP contribution is 2.31. The van der Waals surface area contributed by atoms with Crippen LogP contribution in [0.15, 0.2) is 24.3 Å². The van der Waals surface area contributed by atoms with Crippen LogP contribution in [0.1, 0.15) is 37.9 Å². The molecule has 1 rings (SSSR count). The summed E-state index contributed by atoms with van der Waals surface area (Å²) in [4.78, 5) is 23.1. The van der Waals surface area contributed by atoms with E-state index in [1.54, 1.807) is 20.8 Å². The third kappa shape index (κ3) is 4.47. The van der Waals surface area contributed by atoms with Crippen LogP contribution in [0.4, 0.5) is 13.2 Å². The smallest absolute Gasteiger partial charge is 0.416 e. The van der Waals surface area contributed by atoms with Crippen LogP contribution >= 0.6 is 0 Å². The average molecular weight is 303 g/mol. The molecule has 1 aromatic rings. The maximum atomic E-state index is 12.6. The lowest BCUT2D eigenvalue weighted by Gasteiger charge is -2.22. The summed E-state index contributed by atoms with van der Waals surface area (Å²) in [6, 6.07) is 2.38. The maximum absolute atomic E-state index is 12.6. The van der Waals surface area contributed by atoms with Crippen LogP contribution in [0.25, 0.3) is 0 Å². The van der Waals surface area contributed by atoms with Gasteiger partial charge in [-0.1, -0.05) is 32.9 Å². The molecule has 0 bridgehead atoms. The van der Waals surface area contributed by atoms with Crippen LogP contribution in [0.5, 0.6) is 0 Å². The van der Waals surface area contributed by atoms with Gasteiger partial charge in [-0.05, 0) is 17.7 Å². The quantitative estimate of drug-likeness (QED) is 0.902. The summed E-state index contributed by atoms with van der Waals surface area (Å²) in [5, 5.41) is 11.4. The third-order valence-corrected chi connectivity index (χ3v) is 2.75. The highest BCUT2D eigenvalue weighted by Gasteiger charge is 2.33. The van der Waals surface area contributed by atoms with Gasteiger partial charge in [0.2, 0.25) is 5.91 Å². The molecule has 0 aliphatic carbocycles. The first-order valence-electron chi connectivity index (χ1n) is 6.14. The SMILES string of the molecule is CC(C)(C)C(=O)N[C@@H](C(=O)O)c1cccc(C(F)(F)F)c1. The molecular formula is C14H16F3NO3. The van der Waals surface area contributed by atoms with Crippen molar-refractivity contribution in [2.45, 2.75) is 33.0 Å². The fraction of sp³-hybridized carbons (Fsp3) is 0.429. The Kier molecular flexibility index (Phi) is 4.65. The van der Waals surface area contributed by atoms with E-state index >= 15 is 0 Å². The largest absolute Gasteiger partial charge is 0.479 e. The van der Waals surface area contributed by atoms with Crippen molar-refractivity contribution in [2.24, 2.45) is 5.41 Å². The fourth-order valence-electron chi connectivity index (χ4n) is 1.53. The first-order chi connectivity index (χ1) is 9.43. The van der Waals surface area contributed by atoms with Crippen LogP contribution in [0.3, 0.4) is 0 Å². The topological polar surface area (TPSA) is 66.4 Å². The molecule has 1 atom stereocenters. The molecular weight excluding hydrogens is 287 g/mol. The van der Waals surface area contributed by atoms with E-state index in [1.165, 1.54) is 6.07 Å². The van der Waals surface area contributed by atoms with Gasteiger partial charge in [-0.25, -0.2) is 4.79 Å². The first kappa shape index (κ1) is 17.0. The van der Waals surface area contributed by atoms with Gasteiger partial charge in [0.05, 0.1) is 5.56 Å². The van der Waals surface area contributed by atoms with E-state index in [1.807, 2.05) is 0 Å². The number of hydrogen-bond donors (Lipinski definition) is 2. The minimum atomic E-state index is -4.58. The van der Waals surface area contributed by atoms with Crippen LogP contribution in [0, 0.1) is 5.41 Å². The number of alkyl halides is 3. The van der Waals surface area contributed by atoms with E-state index in [0.717, 1.165) is 18.2 Å². The lowest BCUT2D eigenvalue weighted by Crippen LogP contribution is -2.40. The van der Waals surface area contributed by atoms with Crippen molar-refractivity contribution < 1.29 is 27.9 Å². The molecule has 116 valence electrons. The molecule has 0 aliphatic rings. The van der Waals surface area contributed by atoms with E-state index in [-0.39, 0.29) is 5.56 Å². The Bertz CT molecular complexity index is 547. The maximum Gasteiger partial charge on any atom is 0.416 e. The molecule has 0 aliphatic heterocycles. The second kappa shape index (κ2) is 5.75. The van der Waals surface area contributed by atoms with Crippen LogP contribution in [-0.2, 0) is 15.8 Å². The summed E-state index contributed by atoms with van der Waals surface area (Å²) in [6.07, 6.45) is -4.58. The van der Waals surface area contributed by atoms with Gasteiger partial charge in [0.15, 0.2) is 6.04 Å². The number of carboxylic acid groups (broad SMARTS) is 1. The summed E-state index contributed by atoms with van der Waals surface area (Å²) >= 11 is 0. The van der Waals surface area contributed by atoms with Gasteiger partial charge in [0.25, 0.3) is 0 Å². The Morgan fingerprint density at radius 1 is 1.19 bits per heavy atom. The third-order valence-electron chi connectivity index (χ3n) is 2.75. The van der Waals surface area contributed by atoms with E-state index in [9.17, 15) is 22.8 Å². The minimum Gasteiger partial charge on any atom is -0.479 e. The molecule has 21 heavy (non-hydrogen) atoms. The molecule has 0 saturated carbocycles. The number of benzene rings is 1. The molecule has 1 amide bonds. The highest BCUT2D eigenvalue weighted by molar-refractivity contribution is 5.87. The number of halogens is 3. The van der Waals surface area contributed by atoms with Crippen molar-refractivity contribution in [3.05, 3.63) is 35.4 Å². The zero-order valence-corrected chi connectivity index (χ0v) is 11.8. The second-order valence-electron chi connectivity index (χ2n) is 5.62. The van der Waals surface area contributed by atoms with E-state index in [4.69, 9.17) is 5.11 Å². The van der Waals surface area contributed by atoms with Gasteiger partial charge in [0, 0.05) is 5.41 Å². The van der Waals surface area contributed by atoms with Crippen molar-refractivity contribution in [3.63, 3.8) is 0 Å². The van der Waals surface area contributed by atoms with E-state index < -0.39 is 35.1 Å². The lowest BCUT2D eigenvalue weighted by atomic mass is 9.94. The Morgan fingerprint density at radius 2 is 1.76 bits per heavy atom. The Balaban J connectivity index is 3.13. The predicted octanol–water partition coefficient (Wildman–Crippen LogP) is 2.99. The van der Waals surface area contributed by atoms with Crippen molar-refractivity contribution in [3.8, 4) is 0 Å². The normalized spacial score (nSPS) is 13.6. The number of amides is 1. The van der Waals surface area contributed by atoms with Gasteiger partial charge in [0.1, 0.15) is 0 Å². The number of aliphatic carboxylic acids is 1. The van der Waals surface area contributed by atoms with Gasteiger partial charge < -0.3 is 10.4 Å². The molecule has 0 saturated heterocycles. The number of nitrogens with one attached hydrogen (secondary N) is 1. The van der Waals surface area contributed by atoms with Crippen molar-refractivity contribution >= 4 is 11.9 Å². The first-order valence-corrected chi connectivity index (χ1v) is 6.14. The van der Waals surface area contributed by atoms with Gasteiger partial charge in [-0.15, -0.1) is 0 Å². The lowest BCUT2D eigenvalue weighted by molar-refractivity contribution is -0.143. The fourth-order valence-corrected chi connectivity index (χ4v) is 1.53. The standard InChI is InChI=1S/C14H16F3NO3/c1-13(2,3)12(21)18-10(11(19)20)8-5-4-6-9(7-8)14(15,16)17/h4-7,10H,1-3H3,(H,18,21)(H,19,20)/t10-/m1/s1. The molecule has 0 fully saturated rings. The van der Waals surface area contributed by atoms with Crippen LogP contribution in [0.2, 0.25) is 0 Å². The molecule has 0 aromatic heterocycles. The monoisotopic (exact) mass is 303 g/mol. The predicted molar refractivity (Wildman–Crippen MR) is 69.4 cm³/mol.